The van der Waals surface area contributed by atoms with Crippen LogP contribution in [-0.4, -0.2) is 25.4 Å². The van der Waals surface area contributed by atoms with Crippen molar-refractivity contribution >= 4 is 29.2 Å². The molecule has 1 aromatic rings. The lowest BCUT2D eigenvalue weighted by molar-refractivity contribution is -0.153. The van der Waals surface area contributed by atoms with Crippen LogP contribution < -0.4 is 4.90 Å². The minimum absolute atomic E-state index is 0.0371. The summed E-state index contributed by atoms with van der Waals surface area (Å²) in [6.07, 6.45) is 2.68. The number of fused-ring (bicyclic) bond motifs is 1. The maximum atomic E-state index is 12.3. The zero-order valence-corrected chi connectivity index (χ0v) is 13.6. The first-order valence-electron chi connectivity index (χ1n) is 7.46. The van der Waals surface area contributed by atoms with Gasteiger partial charge in [0.05, 0.1) is 11.6 Å². The zero-order valence-electron chi connectivity index (χ0n) is 12.7. The van der Waals surface area contributed by atoms with Crippen molar-refractivity contribution in [2.45, 2.75) is 24.2 Å². The topological polar surface area (TPSA) is 70.4 Å². The Labute approximate surface area is 138 Å². The van der Waals surface area contributed by atoms with Crippen molar-refractivity contribution in [2.75, 3.05) is 18.6 Å². The summed E-state index contributed by atoms with van der Waals surface area (Å²) < 4.78 is 5.06. The molecule has 0 aromatic heterocycles. The summed E-state index contributed by atoms with van der Waals surface area (Å²) in [5.41, 5.74) is 0.995. The van der Waals surface area contributed by atoms with Crippen molar-refractivity contribution in [1.82, 2.24) is 0 Å². The summed E-state index contributed by atoms with van der Waals surface area (Å²) in [6.45, 7) is -0.369. The van der Waals surface area contributed by atoms with Crippen LogP contribution in [0.4, 0.5) is 5.69 Å². The average molecular weight is 328 g/mol. The SMILES string of the molecule is CN1/C(=C(/C#N)C(=O)COC(=O)C2CCC2)Sc2ccccc21. The molecule has 6 heteroatoms. The first-order valence-corrected chi connectivity index (χ1v) is 8.28. The molecule has 5 nitrogen and oxygen atoms in total. The minimum atomic E-state index is -0.456. The Hall–Kier alpha value is -2.26. The molecular formula is C17H16N2O3S. The van der Waals surface area contributed by atoms with Gasteiger partial charge in [-0.1, -0.05) is 30.3 Å². The summed E-state index contributed by atoms with van der Waals surface area (Å²) >= 11 is 1.38. The van der Waals surface area contributed by atoms with Gasteiger partial charge in [0.25, 0.3) is 0 Å². The molecule has 1 fully saturated rings. The molecule has 2 aliphatic rings. The van der Waals surface area contributed by atoms with E-state index in [1.165, 1.54) is 11.8 Å². The van der Waals surface area contributed by atoms with E-state index in [0.717, 1.165) is 29.8 Å². The number of ketones is 1. The Morgan fingerprint density at radius 3 is 2.74 bits per heavy atom. The number of nitriles is 1. The average Bonchev–Trinajstić information content (AvgIpc) is 2.82. The number of esters is 1. The smallest absolute Gasteiger partial charge is 0.309 e. The first-order chi connectivity index (χ1) is 11.1. The number of benzene rings is 1. The van der Waals surface area contributed by atoms with Crippen LogP contribution in [0.3, 0.4) is 0 Å². The summed E-state index contributed by atoms with van der Waals surface area (Å²) in [6, 6.07) is 9.67. The molecule has 0 bridgehead atoms. The third kappa shape index (κ3) is 2.97. The zero-order chi connectivity index (χ0) is 16.4. The normalized spacial score (nSPS) is 18.7. The fourth-order valence-corrected chi connectivity index (χ4v) is 3.68. The largest absolute Gasteiger partial charge is 0.457 e. The van der Waals surface area contributed by atoms with Crippen LogP contribution in [0.1, 0.15) is 19.3 Å². The second-order valence-electron chi connectivity index (χ2n) is 5.58. The highest BCUT2D eigenvalue weighted by Crippen LogP contribution is 2.46. The molecule has 1 saturated carbocycles. The number of carbonyl (C=O) groups excluding carboxylic acids is 2. The number of ether oxygens (including phenoxy) is 1. The van der Waals surface area contributed by atoms with Crippen molar-refractivity contribution in [3.8, 4) is 6.07 Å². The van der Waals surface area contributed by atoms with Crippen molar-refractivity contribution in [3.63, 3.8) is 0 Å². The Kier molecular flexibility index (Phi) is 4.39. The fourth-order valence-electron chi connectivity index (χ4n) is 2.52. The van der Waals surface area contributed by atoms with Crippen LogP contribution in [0, 0.1) is 17.2 Å². The number of nitrogens with zero attached hydrogens (tertiary/aromatic N) is 2. The molecule has 1 heterocycles. The Bertz CT molecular complexity index is 732. The molecule has 3 rings (SSSR count). The number of carbonyl (C=O) groups is 2. The van der Waals surface area contributed by atoms with E-state index in [4.69, 9.17) is 4.74 Å². The molecule has 0 spiro atoms. The second-order valence-corrected chi connectivity index (χ2v) is 6.61. The van der Waals surface area contributed by atoms with Crippen LogP contribution in [0.15, 0.2) is 39.8 Å². The van der Waals surface area contributed by atoms with Gasteiger partial charge in [-0.25, -0.2) is 0 Å². The van der Waals surface area contributed by atoms with Gasteiger partial charge >= 0.3 is 5.97 Å². The Balaban J connectivity index is 1.73. The van der Waals surface area contributed by atoms with Crippen LogP contribution in [-0.2, 0) is 14.3 Å². The molecule has 1 aliphatic carbocycles. The predicted molar refractivity (Wildman–Crippen MR) is 86.6 cm³/mol. The predicted octanol–water partition coefficient (Wildman–Crippen LogP) is 2.88. The highest BCUT2D eigenvalue weighted by atomic mass is 32.2. The molecule has 0 saturated heterocycles. The molecule has 0 radical (unpaired) electrons. The van der Waals surface area contributed by atoms with E-state index in [-0.39, 0.29) is 24.1 Å². The highest BCUT2D eigenvalue weighted by Gasteiger charge is 2.30. The lowest BCUT2D eigenvalue weighted by Crippen LogP contribution is -2.27. The van der Waals surface area contributed by atoms with E-state index in [2.05, 4.69) is 0 Å². The maximum absolute atomic E-state index is 12.3. The number of rotatable bonds is 4. The Morgan fingerprint density at radius 1 is 1.39 bits per heavy atom. The summed E-state index contributed by atoms with van der Waals surface area (Å²) in [5, 5.41) is 9.96. The van der Waals surface area contributed by atoms with Gasteiger partial charge in [-0.05, 0) is 25.0 Å². The van der Waals surface area contributed by atoms with Gasteiger partial charge in [-0.3, -0.25) is 9.59 Å². The molecule has 0 unspecified atom stereocenters. The monoisotopic (exact) mass is 328 g/mol. The number of hydrogen-bond donors (Lipinski definition) is 0. The Morgan fingerprint density at radius 2 is 2.13 bits per heavy atom. The number of para-hydroxylation sites is 1. The van der Waals surface area contributed by atoms with Crippen LogP contribution in [0.25, 0.3) is 0 Å². The van der Waals surface area contributed by atoms with Crippen molar-refractivity contribution in [3.05, 3.63) is 34.9 Å². The molecule has 23 heavy (non-hydrogen) atoms. The molecular weight excluding hydrogens is 312 g/mol. The number of thioether (sulfide) groups is 1. The van der Waals surface area contributed by atoms with Crippen molar-refractivity contribution < 1.29 is 14.3 Å². The van der Waals surface area contributed by atoms with Crippen molar-refractivity contribution in [1.29, 1.82) is 5.26 Å². The van der Waals surface area contributed by atoms with Gasteiger partial charge in [0.15, 0.2) is 6.61 Å². The van der Waals surface area contributed by atoms with Crippen LogP contribution in [0.2, 0.25) is 0 Å². The van der Waals surface area contributed by atoms with E-state index in [1.54, 1.807) is 0 Å². The summed E-state index contributed by atoms with van der Waals surface area (Å²) in [5.74, 6) is -0.862. The molecule has 118 valence electrons. The lowest BCUT2D eigenvalue weighted by Gasteiger charge is -2.22. The summed E-state index contributed by atoms with van der Waals surface area (Å²) in [7, 11) is 1.82. The van der Waals surface area contributed by atoms with Gasteiger partial charge in [-0.2, -0.15) is 5.26 Å². The molecule has 1 aromatic carbocycles. The molecule has 0 atom stereocenters. The molecule has 0 amide bonds. The fraction of sp³-hybridized carbons (Fsp3) is 0.353. The van der Waals surface area contributed by atoms with Crippen LogP contribution in [0.5, 0.6) is 0 Å². The number of Topliss-reactive ketones (excluding diaryl/α,β-unsaturated/α-hetero) is 1. The molecule has 1 aliphatic heterocycles. The molecule has 0 N–H and O–H groups in total. The van der Waals surface area contributed by atoms with E-state index < -0.39 is 5.78 Å². The quantitative estimate of drug-likeness (QED) is 0.481. The van der Waals surface area contributed by atoms with E-state index in [9.17, 15) is 14.9 Å². The van der Waals surface area contributed by atoms with Crippen molar-refractivity contribution in [2.24, 2.45) is 5.92 Å². The standard InChI is InChI=1S/C17H16N2O3S/c1-19-13-7-2-3-8-15(13)23-16(19)12(9-18)14(20)10-22-17(21)11-5-4-6-11/h2-3,7-8,11H,4-6,10H2,1H3/b16-12+. The maximum Gasteiger partial charge on any atom is 0.309 e. The number of anilines is 1. The summed E-state index contributed by atoms with van der Waals surface area (Å²) in [4.78, 5) is 26.8. The minimum Gasteiger partial charge on any atom is -0.457 e. The van der Waals surface area contributed by atoms with Crippen LogP contribution >= 0.6 is 11.8 Å². The van der Waals surface area contributed by atoms with Gasteiger partial charge in [0, 0.05) is 11.9 Å². The van der Waals surface area contributed by atoms with Gasteiger partial charge in [0.1, 0.15) is 16.7 Å². The van der Waals surface area contributed by atoms with Gasteiger partial charge in [-0.15, -0.1) is 0 Å². The highest BCUT2D eigenvalue weighted by molar-refractivity contribution is 8.03. The third-order valence-electron chi connectivity index (χ3n) is 4.13. The van der Waals surface area contributed by atoms with E-state index in [1.807, 2.05) is 42.3 Å². The lowest BCUT2D eigenvalue weighted by atomic mass is 9.86. The van der Waals surface area contributed by atoms with E-state index in [0.29, 0.717) is 5.03 Å². The first kappa shape index (κ1) is 15.6. The van der Waals surface area contributed by atoms with Gasteiger partial charge in [0.2, 0.25) is 5.78 Å². The second kappa shape index (κ2) is 6.47. The van der Waals surface area contributed by atoms with Gasteiger partial charge < -0.3 is 9.64 Å². The third-order valence-corrected chi connectivity index (χ3v) is 5.36. The number of hydrogen-bond acceptors (Lipinski definition) is 6. The van der Waals surface area contributed by atoms with E-state index >= 15 is 0 Å².